The molecule has 0 bridgehead atoms. The molecule has 2 heterocycles. The van der Waals surface area contributed by atoms with Crippen molar-refractivity contribution >= 4 is 29.7 Å². The van der Waals surface area contributed by atoms with Crippen molar-refractivity contribution in [1.82, 2.24) is 9.80 Å². The maximum atomic E-state index is 17.7. The molecule has 22 atom stereocenters. The average Bonchev–Trinajstić information content (AvgIpc) is 3.79. The van der Waals surface area contributed by atoms with Crippen molar-refractivity contribution in [2.24, 2.45) is 46.3 Å². The number of allylic oxidation sites excluding steroid dienone is 4. The van der Waals surface area contributed by atoms with Gasteiger partial charge in [0.2, 0.25) is 0 Å². The molecule has 2 aliphatic heterocycles. The second-order valence-electron chi connectivity index (χ2n) is 25.4. The van der Waals surface area contributed by atoms with Crippen LogP contribution >= 0.6 is 0 Å². The van der Waals surface area contributed by atoms with E-state index in [1.165, 1.54) is 32.9 Å². The molecule has 0 amide bonds. The zero-order chi connectivity index (χ0) is 57.7. The minimum atomic E-state index is -2.14. The number of aliphatic hydroxyl groups excluding tert-OH is 2. The number of ketones is 1. The lowest BCUT2D eigenvalue weighted by molar-refractivity contribution is -0.301. The SMILES string of the molecule is CC[C@H]1OC(=O)[C@H](C)[C@@H](OC(=O)CCCCOC(=O)[C@@]2(O)[C@H](C)CC3C4CCC5=CC(=O)C=C[C@]5(C)[C@@]4(F)[C@@H](O)C[C@@]32C)[C@H](C)[C@@H](O[C@@H]2O[C@H](C)C[C@@H](N(C)C)[C@H]2OC(C)=O)[C@](C)(O)C[C@@H](C)CN(C)[C@H](C)[C@@H](O)[C@]1(C)O. The fraction of sp³-hybridized carbons (Fsp3) is 0.845. The molecule has 0 aromatic rings. The number of unbranched alkanes of at least 4 members (excludes halogenated alkanes) is 1. The summed E-state index contributed by atoms with van der Waals surface area (Å²) >= 11 is 0. The van der Waals surface area contributed by atoms with Gasteiger partial charge >= 0.3 is 23.9 Å². The highest BCUT2D eigenvalue weighted by molar-refractivity contribution is 6.01. The minimum absolute atomic E-state index is 0.100. The number of nitrogens with zero attached hydrogens (tertiary/aromatic N) is 2. The molecule has 3 saturated carbocycles. The van der Waals surface area contributed by atoms with Crippen LogP contribution in [0.1, 0.15) is 147 Å². The lowest BCUT2D eigenvalue weighted by Gasteiger charge is -2.62. The number of cyclic esters (lactones) is 1. The molecular formula is C58H93FN2O16. The van der Waals surface area contributed by atoms with Crippen LogP contribution in [0, 0.1) is 46.3 Å². The molecule has 0 radical (unpaired) electrons. The third kappa shape index (κ3) is 11.7. The molecule has 19 heteroatoms. The largest absolute Gasteiger partial charge is 0.464 e. The van der Waals surface area contributed by atoms with Crippen molar-refractivity contribution in [3.05, 3.63) is 23.8 Å². The van der Waals surface area contributed by atoms with Gasteiger partial charge in [-0.1, -0.05) is 46.3 Å². The van der Waals surface area contributed by atoms with E-state index >= 15 is 4.39 Å². The van der Waals surface area contributed by atoms with E-state index in [0.717, 1.165) is 0 Å². The van der Waals surface area contributed by atoms with Gasteiger partial charge in [-0.3, -0.25) is 19.2 Å². The second kappa shape index (κ2) is 23.6. The van der Waals surface area contributed by atoms with Crippen molar-refractivity contribution in [2.75, 3.05) is 34.3 Å². The van der Waals surface area contributed by atoms with E-state index in [2.05, 4.69) is 0 Å². The monoisotopic (exact) mass is 1090 g/mol. The van der Waals surface area contributed by atoms with Crippen LogP contribution in [-0.2, 0) is 52.4 Å². The standard InChI is InChI=1S/C58H93FN2O16/c1-16-44-56(12,70)48(66)36(7)61(15)30-31(2)28-55(11,69)49(77-51-47(74-37(8)62)42(60(13)14)26-33(4)73-51)34(5)46(35(6)50(67)75-44)76-45(65)19-17-18-24-72-52(68)58(71)32(3)25-41-40-21-20-38-27-39(63)22-23-53(38,9)57(40,59)43(64)29-54(41,58)10/h22-23,27,31-36,40-44,46-49,51,64,66,69-71H,16-21,24-26,28-30H2,1-15H3/t31-,32-,33-,34+,35-,36-,40?,41?,42-,43+,44-,46+,47-,48-,49-,51+,53+,54+,55-,56-,57+,58+/m1/s1. The van der Waals surface area contributed by atoms with Gasteiger partial charge in [-0.2, -0.15) is 0 Å². The number of rotatable bonds is 12. The van der Waals surface area contributed by atoms with Crippen LogP contribution in [0.4, 0.5) is 4.39 Å². The molecule has 0 spiro atoms. The number of esters is 4. The third-order valence-corrected chi connectivity index (χ3v) is 19.5. The zero-order valence-electron chi connectivity index (χ0n) is 48.5. The Hall–Kier alpha value is -3.40. The van der Waals surface area contributed by atoms with E-state index in [1.54, 1.807) is 61.6 Å². The van der Waals surface area contributed by atoms with Crippen molar-refractivity contribution < 1.29 is 82.3 Å². The number of fused-ring (bicyclic) bond motifs is 5. The summed E-state index contributed by atoms with van der Waals surface area (Å²) in [6, 6.07) is -0.985. The zero-order valence-corrected chi connectivity index (χ0v) is 48.5. The Morgan fingerprint density at radius 2 is 1.58 bits per heavy atom. The molecule has 2 unspecified atom stereocenters. The predicted molar refractivity (Wildman–Crippen MR) is 281 cm³/mol. The molecule has 4 aliphatic carbocycles. The highest BCUT2D eigenvalue weighted by atomic mass is 19.1. The highest BCUT2D eigenvalue weighted by Crippen LogP contribution is 2.70. The Balaban J connectivity index is 1.22. The number of alkyl halides is 1. The van der Waals surface area contributed by atoms with Crippen LogP contribution in [0.15, 0.2) is 23.8 Å². The fourth-order valence-corrected chi connectivity index (χ4v) is 15.1. The Morgan fingerprint density at radius 1 is 0.922 bits per heavy atom. The van der Waals surface area contributed by atoms with Gasteiger partial charge in [0.25, 0.3) is 0 Å². The first kappa shape index (κ1) is 62.8. The summed E-state index contributed by atoms with van der Waals surface area (Å²) in [5.74, 6) is -7.64. The van der Waals surface area contributed by atoms with E-state index in [1.807, 2.05) is 37.7 Å². The van der Waals surface area contributed by atoms with Gasteiger partial charge in [-0.25, -0.2) is 9.18 Å². The Kier molecular flexibility index (Phi) is 19.2. The van der Waals surface area contributed by atoms with Gasteiger partial charge in [0.05, 0.1) is 42.5 Å². The summed E-state index contributed by atoms with van der Waals surface area (Å²) in [5.41, 5.74) is -9.71. The average molecular weight is 1090 g/mol. The summed E-state index contributed by atoms with van der Waals surface area (Å²) in [5, 5.41) is 60.5. The van der Waals surface area contributed by atoms with Crippen molar-refractivity contribution in [2.45, 2.75) is 231 Å². The fourth-order valence-electron chi connectivity index (χ4n) is 15.1. The summed E-state index contributed by atoms with van der Waals surface area (Å²) in [6.45, 7) is 20.1. The predicted octanol–water partition coefficient (Wildman–Crippen LogP) is 5.16. The van der Waals surface area contributed by atoms with Gasteiger partial charge < -0.3 is 63.8 Å². The molecule has 0 aromatic heterocycles. The van der Waals surface area contributed by atoms with E-state index in [4.69, 9.17) is 28.4 Å². The van der Waals surface area contributed by atoms with Crippen LogP contribution in [0.3, 0.4) is 0 Å². The molecule has 6 rings (SSSR count). The van der Waals surface area contributed by atoms with Gasteiger partial charge in [0.15, 0.2) is 29.4 Å². The normalized spacial score (nSPS) is 46.1. The minimum Gasteiger partial charge on any atom is -0.464 e. The maximum Gasteiger partial charge on any atom is 0.338 e. The molecular weight excluding hydrogens is 1000 g/mol. The maximum absolute atomic E-state index is 17.7. The molecule has 0 aromatic carbocycles. The highest BCUT2D eigenvalue weighted by Gasteiger charge is 2.76. The first-order valence-electron chi connectivity index (χ1n) is 28.2. The third-order valence-electron chi connectivity index (χ3n) is 19.5. The number of carbonyl (C=O) groups excluding carboxylic acids is 5. The number of hydrogen-bond acceptors (Lipinski definition) is 18. The lowest BCUT2D eigenvalue weighted by atomic mass is 9.45. The molecule has 2 saturated heterocycles. The second-order valence-corrected chi connectivity index (χ2v) is 25.4. The van der Waals surface area contributed by atoms with E-state index in [9.17, 15) is 49.5 Å². The van der Waals surface area contributed by atoms with Gasteiger partial charge in [-0.15, -0.1) is 0 Å². The number of ether oxygens (including phenoxy) is 6. The van der Waals surface area contributed by atoms with Gasteiger partial charge in [0, 0.05) is 48.6 Å². The number of carbonyl (C=O) groups is 5. The summed E-state index contributed by atoms with van der Waals surface area (Å²) in [7, 11) is 5.49. The van der Waals surface area contributed by atoms with Crippen molar-refractivity contribution in [1.29, 1.82) is 0 Å². The quantitative estimate of drug-likeness (QED) is 0.0962. The van der Waals surface area contributed by atoms with Crippen molar-refractivity contribution in [3.8, 4) is 0 Å². The Bertz CT molecular complexity index is 2220. The summed E-state index contributed by atoms with van der Waals surface area (Å²) in [4.78, 5) is 71.4. The molecule has 77 heavy (non-hydrogen) atoms. The molecule has 5 N–H and O–H groups in total. The molecule has 18 nitrogen and oxygen atoms in total. The topological polar surface area (TPSA) is 248 Å². The van der Waals surface area contributed by atoms with Crippen LogP contribution in [0.2, 0.25) is 0 Å². The summed E-state index contributed by atoms with van der Waals surface area (Å²) < 4.78 is 54.9. The van der Waals surface area contributed by atoms with Crippen LogP contribution < -0.4 is 0 Å². The first-order valence-corrected chi connectivity index (χ1v) is 28.2. The number of aliphatic hydroxyl groups is 5. The Morgan fingerprint density at radius 3 is 2.21 bits per heavy atom. The molecule has 438 valence electrons. The van der Waals surface area contributed by atoms with E-state index in [-0.39, 0.29) is 69.0 Å². The molecule has 6 aliphatic rings. The van der Waals surface area contributed by atoms with Crippen LogP contribution in [-0.4, -0.2) is 183 Å². The van der Waals surface area contributed by atoms with E-state index in [0.29, 0.717) is 37.8 Å². The van der Waals surface area contributed by atoms with Crippen LogP contribution in [0.5, 0.6) is 0 Å². The summed E-state index contributed by atoms with van der Waals surface area (Å²) in [6.07, 6.45) is -3.23. The van der Waals surface area contributed by atoms with Gasteiger partial charge in [0.1, 0.15) is 23.9 Å². The number of halogens is 1. The Labute approximate surface area is 455 Å². The smallest absolute Gasteiger partial charge is 0.338 e. The number of likely N-dealkylation sites (N-methyl/N-ethyl adjacent to an activating group) is 2. The van der Waals surface area contributed by atoms with E-state index < -0.39 is 136 Å². The molecule has 5 fully saturated rings. The first-order chi connectivity index (χ1) is 35.6. The van der Waals surface area contributed by atoms with Crippen molar-refractivity contribution in [3.63, 3.8) is 0 Å². The van der Waals surface area contributed by atoms with Crippen LogP contribution in [0.25, 0.3) is 0 Å². The lowest BCUT2D eigenvalue weighted by Crippen LogP contribution is -2.69. The van der Waals surface area contributed by atoms with Gasteiger partial charge in [-0.05, 0) is 150 Å². The number of hydrogen-bond donors (Lipinski definition) is 5.